The quantitative estimate of drug-likeness (QED) is 0.715. The molecule has 0 spiro atoms. The summed E-state index contributed by atoms with van der Waals surface area (Å²) in [5, 5.41) is 2.96. The molecule has 0 bridgehead atoms. The van der Waals surface area contributed by atoms with Crippen molar-refractivity contribution in [1.82, 2.24) is 9.62 Å². The average Bonchev–Trinajstić information content (AvgIpc) is 2.65. The maximum Gasteiger partial charge on any atom is 0.246 e. The second kappa shape index (κ2) is 9.20. The third kappa shape index (κ3) is 4.95. The largest absolute Gasteiger partial charge is 0.495 e. The number of carbonyl (C=O) groups is 1. The minimum absolute atomic E-state index is 0.0467. The molecule has 2 rings (SSSR count). The van der Waals surface area contributed by atoms with Gasteiger partial charge in [-0.2, -0.15) is 4.31 Å². The second-order valence-electron chi connectivity index (χ2n) is 6.33. The monoisotopic (exact) mass is 368 g/mol. The third-order valence-corrected chi connectivity index (χ3v) is 6.53. The van der Waals surface area contributed by atoms with Gasteiger partial charge >= 0.3 is 0 Å². The molecule has 1 aromatic rings. The van der Waals surface area contributed by atoms with Crippen molar-refractivity contribution in [2.24, 2.45) is 5.92 Å². The lowest BCUT2D eigenvalue weighted by Crippen LogP contribution is -2.43. The van der Waals surface area contributed by atoms with Gasteiger partial charge in [-0.25, -0.2) is 8.42 Å². The van der Waals surface area contributed by atoms with Crippen LogP contribution >= 0.6 is 0 Å². The minimum Gasteiger partial charge on any atom is -0.495 e. The van der Waals surface area contributed by atoms with E-state index in [1.807, 2.05) is 0 Å². The maximum atomic E-state index is 12.8. The van der Waals surface area contributed by atoms with Gasteiger partial charge in [-0.3, -0.25) is 4.79 Å². The molecule has 25 heavy (non-hydrogen) atoms. The van der Waals surface area contributed by atoms with Gasteiger partial charge in [0.2, 0.25) is 15.9 Å². The van der Waals surface area contributed by atoms with E-state index in [0.29, 0.717) is 38.2 Å². The number of sulfonamides is 1. The smallest absolute Gasteiger partial charge is 0.246 e. The number of carbonyl (C=O) groups excluding carboxylic acids is 1. The molecule has 1 heterocycles. The van der Waals surface area contributed by atoms with E-state index < -0.39 is 10.0 Å². The zero-order chi connectivity index (χ0) is 18.3. The zero-order valence-electron chi connectivity index (χ0n) is 15.0. The van der Waals surface area contributed by atoms with Crippen LogP contribution in [0.5, 0.6) is 5.75 Å². The number of nitrogens with one attached hydrogen (secondary N) is 1. The van der Waals surface area contributed by atoms with Gasteiger partial charge in [-0.1, -0.05) is 31.9 Å². The Hall–Kier alpha value is -1.60. The molecule has 1 aliphatic heterocycles. The van der Waals surface area contributed by atoms with Gasteiger partial charge < -0.3 is 10.1 Å². The number of unbranched alkanes of at least 4 members (excludes halogenated alkanes) is 2. The molecule has 0 atom stereocenters. The lowest BCUT2D eigenvalue weighted by Gasteiger charge is -2.30. The third-order valence-electron chi connectivity index (χ3n) is 4.59. The molecular weight excluding hydrogens is 340 g/mol. The van der Waals surface area contributed by atoms with Crippen molar-refractivity contribution in [3.05, 3.63) is 24.3 Å². The first-order chi connectivity index (χ1) is 12.0. The summed E-state index contributed by atoms with van der Waals surface area (Å²) in [4.78, 5) is 12.4. The van der Waals surface area contributed by atoms with Gasteiger partial charge in [0.1, 0.15) is 10.6 Å². The summed E-state index contributed by atoms with van der Waals surface area (Å²) < 4.78 is 32.3. The Bertz CT molecular complexity index is 667. The van der Waals surface area contributed by atoms with E-state index in [1.54, 1.807) is 24.3 Å². The molecule has 1 saturated heterocycles. The van der Waals surface area contributed by atoms with Crippen molar-refractivity contribution in [1.29, 1.82) is 0 Å². The fraction of sp³-hybridized carbons (Fsp3) is 0.611. The van der Waals surface area contributed by atoms with E-state index in [1.165, 1.54) is 11.4 Å². The summed E-state index contributed by atoms with van der Waals surface area (Å²) in [6.45, 7) is 3.53. The average molecular weight is 368 g/mol. The van der Waals surface area contributed by atoms with Gasteiger partial charge in [0.05, 0.1) is 7.11 Å². The van der Waals surface area contributed by atoms with E-state index in [4.69, 9.17) is 4.74 Å². The number of hydrogen-bond donors (Lipinski definition) is 1. The number of rotatable bonds is 8. The van der Waals surface area contributed by atoms with Crippen LogP contribution in [0.1, 0.15) is 39.0 Å². The van der Waals surface area contributed by atoms with Gasteiger partial charge in [0, 0.05) is 25.6 Å². The first-order valence-electron chi connectivity index (χ1n) is 8.91. The van der Waals surface area contributed by atoms with E-state index >= 15 is 0 Å². The van der Waals surface area contributed by atoms with Crippen LogP contribution in [0.4, 0.5) is 0 Å². The number of benzene rings is 1. The van der Waals surface area contributed by atoms with E-state index in [9.17, 15) is 13.2 Å². The predicted molar refractivity (Wildman–Crippen MR) is 97.0 cm³/mol. The Labute approximate surface area is 150 Å². The van der Waals surface area contributed by atoms with Crippen LogP contribution in [0, 0.1) is 5.92 Å². The van der Waals surface area contributed by atoms with Crippen molar-refractivity contribution in [3.63, 3.8) is 0 Å². The molecule has 0 radical (unpaired) electrons. The highest BCUT2D eigenvalue weighted by Gasteiger charge is 2.33. The number of nitrogens with zero attached hydrogens (tertiary/aromatic N) is 1. The Kier molecular flexibility index (Phi) is 7.25. The first kappa shape index (κ1) is 19.7. The molecule has 1 amide bonds. The number of piperidine rings is 1. The van der Waals surface area contributed by atoms with Gasteiger partial charge in [0.25, 0.3) is 0 Å². The molecule has 7 heteroatoms. The highest BCUT2D eigenvalue weighted by Crippen LogP contribution is 2.29. The normalized spacial score (nSPS) is 16.6. The summed E-state index contributed by atoms with van der Waals surface area (Å²) >= 11 is 0. The zero-order valence-corrected chi connectivity index (χ0v) is 15.8. The Morgan fingerprint density at radius 3 is 2.56 bits per heavy atom. The molecule has 1 aliphatic rings. The molecule has 0 aliphatic carbocycles. The van der Waals surface area contributed by atoms with Crippen molar-refractivity contribution < 1.29 is 17.9 Å². The molecule has 1 fully saturated rings. The fourth-order valence-electron chi connectivity index (χ4n) is 3.06. The van der Waals surface area contributed by atoms with Crippen LogP contribution in [-0.4, -0.2) is 45.4 Å². The molecular formula is C18H28N2O4S. The highest BCUT2D eigenvalue weighted by molar-refractivity contribution is 7.89. The molecule has 6 nitrogen and oxygen atoms in total. The summed E-state index contributed by atoms with van der Waals surface area (Å²) in [7, 11) is -2.14. The van der Waals surface area contributed by atoms with Gasteiger partial charge in [0.15, 0.2) is 0 Å². The van der Waals surface area contributed by atoms with Crippen molar-refractivity contribution in [3.8, 4) is 5.75 Å². The lowest BCUT2D eigenvalue weighted by molar-refractivity contribution is -0.126. The highest BCUT2D eigenvalue weighted by atomic mass is 32.2. The molecule has 140 valence electrons. The van der Waals surface area contributed by atoms with Crippen LogP contribution in [-0.2, 0) is 14.8 Å². The lowest BCUT2D eigenvalue weighted by atomic mass is 9.97. The Balaban J connectivity index is 1.94. The van der Waals surface area contributed by atoms with Crippen LogP contribution in [0.3, 0.4) is 0 Å². The van der Waals surface area contributed by atoms with E-state index in [0.717, 1.165) is 19.3 Å². The number of amides is 1. The topological polar surface area (TPSA) is 75.7 Å². The van der Waals surface area contributed by atoms with Gasteiger partial charge in [-0.05, 0) is 31.4 Å². The number of hydrogen-bond acceptors (Lipinski definition) is 4. The SMILES string of the molecule is CCCCCNC(=O)C1CCN(S(=O)(=O)c2ccccc2OC)CC1. The second-order valence-corrected chi connectivity index (χ2v) is 8.23. The van der Waals surface area contributed by atoms with Gasteiger partial charge in [-0.15, -0.1) is 0 Å². The number of methoxy groups -OCH3 is 1. The van der Waals surface area contributed by atoms with Crippen LogP contribution in [0.2, 0.25) is 0 Å². The Morgan fingerprint density at radius 1 is 1.24 bits per heavy atom. The molecule has 1 aromatic carbocycles. The number of ether oxygens (including phenoxy) is 1. The standard InChI is InChI=1S/C18H28N2O4S/c1-3-4-7-12-19-18(21)15-10-13-20(14-11-15)25(22,23)17-9-6-5-8-16(17)24-2/h5-6,8-9,15H,3-4,7,10-14H2,1-2H3,(H,19,21). The number of para-hydroxylation sites is 1. The maximum absolute atomic E-state index is 12.8. The van der Waals surface area contributed by atoms with Crippen LogP contribution in [0.25, 0.3) is 0 Å². The van der Waals surface area contributed by atoms with Crippen LogP contribution < -0.4 is 10.1 Å². The van der Waals surface area contributed by atoms with E-state index in [2.05, 4.69) is 12.2 Å². The predicted octanol–water partition coefficient (Wildman–Crippen LogP) is 2.40. The minimum atomic E-state index is -3.60. The summed E-state index contributed by atoms with van der Waals surface area (Å²) in [5.74, 6) is 0.287. The van der Waals surface area contributed by atoms with E-state index in [-0.39, 0.29) is 16.7 Å². The van der Waals surface area contributed by atoms with Crippen molar-refractivity contribution >= 4 is 15.9 Å². The molecule has 0 unspecified atom stereocenters. The summed E-state index contributed by atoms with van der Waals surface area (Å²) in [6.07, 6.45) is 4.32. The summed E-state index contributed by atoms with van der Waals surface area (Å²) in [6, 6.07) is 6.63. The molecule has 0 aromatic heterocycles. The molecule has 0 saturated carbocycles. The fourth-order valence-corrected chi connectivity index (χ4v) is 4.69. The molecule has 1 N–H and O–H groups in total. The van der Waals surface area contributed by atoms with Crippen molar-refractivity contribution in [2.75, 3.05) is 26.7 Å². The van der Waals surface area contributed by atoms with Crippen LogP contribution in [0.15, 0.2) is 29.2 Å². The Morgan fingerprint density at radius 2 is 1.92 bits per heavy atom. The summed E-state index contributed by atoms with van der Waals surface area (Å²) in [5.41, 5.74) is 0. The first-order valence-corrected chi connectivity index (χ1v) is 10.4. The van der Waals surface area contributed by atoms with Crippen molar-refractivity contribution in [2.45, 2.75) is 43.9 Å².